The molecule has 18 heavy (non-hydrogen) atoms. The Labute approximate surface area is 109 Å². The van der Waals surface area contributed by atoms with Gasteiger partial charge in [0, 0.05) is 18.4 Å². The van der Waals surface area contributed by atoms with Crippen LogP contribution in [0.3, 0.4) is 0 Å². The molecule has 0 aromatic rings. The van der Waals surface area contributed by atoms with E-state index in [9.17, 15) is 15.0 Å². The van der Waals surface area contributed by atoms with Crippen LogP contribution in [0.4, 0.5) is 0 Å². The second-order valence-electron chi connectivity index (χ2n) is 5.66. The zero-order valence-corrected chi connectivity index (χ0v) is 12.3. The van der Waals surface area contributed by atoms with Crippen molar-refractivity contribution in [3.8, 4) is 11.5 Å². The number of methoxy groups -OCH3 is 1. The minimum absolute atomic E-state index is 0.105. The van der Waals surface area contributed by atoms with Crippen LogP contribution in [0.5, 0.6) is 0 Å². The number of esters is 1. The second kappa shape index (κ2) is 5.27. The van der Waals surface area contributed by atoms with E-state index in [1.165, 1.54) is 13.2 Å². The fourth-order valence-electron chi connectivity index (χ4n) is 1.75. The molecule has 0 aromatic heterocycles. The molecule has 0 heterocycles. The fourth-order valence-corrected chi connectivity index (χ4v) is 2.36. The third kappa shape index (κ3) is 4.30. The van der Waals surface area contributed by atoms with E-state index >= 15 is 0 Å². The number of aliphatic hydroxyl groups excluding tert-OH is 1. The van der Waals surface area contributed by atoms with E-state index in [0.717, 1.165) is 0 Å². The summed E-state index contributed by atoms with van der Waals surface area (Å²) in [5.41, 5.74) is 2.02. The van der Waals surface area contributed by atoms with Gasteiger partial charge in [-0.1, -0.05) is 25.6 Å². The van der Waals surface area contributed by atoms with Gasteiger partial charge < -0.3 is 14.9 Å². The fraction of sp³-hybridized carbons (Fsp3) is 0.615. The van der Waals surface area contributed by atoms with Gasteiger partial charge >= 0.3 is 5.97 Å². The van der Waals surface area contributed by atoms with Crippen molar-refractivity contribution in [2.24, 2.45) is 0 Å². The first-order valence-electron chi connectivity index (χ1n) is 5.89. The van der Waals surface area contributed by atoms with Gasteiger partial charge in [0.15, 0.2) is 0 Å². The lowest BCUT2D eigenvalue weighted by Crippen LogP contribution is -2.37. The van der Waals surface area contributed by atoms with E-state index in [1.54, 1.807) is 0 Å². The molecule has 2 atom stereocenters. The van der Waals surface area contributed by atoms with Gasteiger partial charge in [-0.15, -0.1) is 5.54 Å². The van der Waals surface area contributed by atoms with E-state index in [1.807, 2.05) is 0 Å². The Hall–Kier alpha value is -1.09. The van der Waals surface area contributed by atoms with Crippen molar-refractivity contribution < 1.29 is 19.7 Å². The van der Waals surface area contributed by atoms with Gasteiger partial charge in [-0.3, -0.25) is 0 Å². The Morgan fingerprint density at radius 3 is 2.67 bits per heavy atom. The summed E-state index contributed by atoms with van der Waals surface area (Å²) in [4.78, 5) is 11.4. The summed E-state index contributed by atoms with van der Waals surface area (Å²) in [5, 5.41) is 20.0. The molecule has 0 amide bonds. The van der Waals surface area contributed by atoms with Gasteiger partial charge in [-0.05, 0) is 6.08 Å². The Morgan fingerprint density at radius 1 is 1.56 bits per heavy atom. The maximum Gasteiger partial charge on any atom is 0.333 e. The molecule has 5 heteroatoms. The minimum Gasteiger partial charge on any atom is -0.466 e. The van der Waals surface area contributed by atoms with Crippen LogP contribution in [0, 0.1) is 11.5 Å². The number of carbonyl (C=O) groups is 1. The average Bonchev–Trinajstić information content (AvgIpc) is 2.23. The molecule has 0 aromatic carbocycles. The highest BCUT2D eigenvalue weighted by atomic mass is 28.3. The quantitative estimate of drug-likeness (QED) is 0.420. The summed E-state index contributed by atoms with van der Waals surface area (Å²) in [6, 6.07) is 0. The number of carbonyl (C=O) groups excluding carboxylic acids is 1. The monoisotopic (exact) mass is 268 g/mol. The highest BCUT2D eigenvalue weighted by molar-refractivity contribution is 6.83. The van der Waals surface area contributed by atoms with Crippen LogP contribution < -0.4 is 0 Å². The topological polar surface area (TPSA) is 66.8 Å². The van der Waals surface area contributed by atoms with E-state index in [4.69, 9.17) is 0 Å². The smallest absolute Gasteiger partial charge is 0.333 e. The molecule has 0 radical (unpaired) electrons. The van der Waals surface area contributed by atoms with Crippen LogP contribution in [0.1, 0.15) is 12.8 Å². The van der Waals surface area contributed by atoms with Crippen molar-refractivity contribution >= 4 is 14.0 Å². The molecule has 0 saturated heterocycles. The van der Waals surface area contributed by atoms with Gasteiger partial charge in [-0.2, -0.15) is 0 Å². The largest absolute Gasteiger partial charge is 0.466 e. The lowest BCUT2D eigenvalue weighted by molar-refractivity contribution is -0.137. The van der Waals surface area contributed by atoms with Crippen LogP contribution in [-0.2, 0) is 9.53 Å². The van der Waals surface area contributed by atoms with Crippen LogP contribution >= 0.6 is 0 Å². The molecule has 0 spiro atoms. The Morgan fingerprint density at radius 2 is 2.17 bits per heavy atom. The van der Waals surface area contributed by atoms with Crippen molar-refractivity contribution in [1.29, 1.82) is 0 Å². The SMILES string of the molecule is COC(=O)C1=C[C@H](O)C[C@](O)(C#C[Si](C)(C)C)C1. The molecule has 1 aliphatic carbocycles. The minimum atomic E-state index is -1.61. The maximum absolute atomic E-state index is 11.4. The summed E-state index contributed by atoms with van der Waals surface area (Å²) < 4.78 is 4.61. The highest BCUT2D eigenvalue weighted by Crippen LogP contribution is 2.28. The first-order valence-corrected chi connectivity index (χ1v) is 9.39. The van der Waals surface area contributed by atoms with Crippen LogP contribution in [0.2, 0.25) is 19.6 Å². The van der Waals surface area contributed by atoms with Gasteiger partial charge in [-0.25, -0.2) is 4.79 Å². The number of hydrogen-bond acceptors (Lipinski definition) is 4. The first kappa shape index (κ1) is 15.0. The van der Waals surface area contributed by atoms with E-state index < -0.39 is 25.7 Å². The molecular formula is C13H20O4Si. The lowest BCUT2D eigenvalue weighted by atomic mass is 9.84. The summed E-state index contributed by atoms with van der Waals surface area (Å²) in [5.74, 6) is 2.31. The third-order valence-corrected chi connectivity index (χ3v) is 3.42. The average molecular weight is 268 g/mol. The molecule has 0 bridgehead atoms. The van der Waals surface area contributed by atoms with Gasteiger partial charge in [0.05, 0.1) is 13.2 Å². The third-order valence-electron chi connectivity index (χ3n) is 2.54. The second-order valence-corrected chi connectivity index (χ2v) is 10.4. The Kier molecular flexibility index (Phi) is 4.38. The number of hydrogen-bond donors (Lipinski definition) is 2. The summed E-state index contributed by atoms with van der Waals surface area (Å²) in [7, 11) is -0.331. The van der Waals surface area contributed by atoms with Crippen molar-refractivity contribution in [2.75, 3.05) is 7.11 Å². The Balaban J connectivity index is 2.96. The highest BCUT2D eigenvalue weighted by Gasteiger charge is 2.35. The molecule has 0 fully saturated rings. The van der Waals surface area contributed by atoms with E-state index in [-0.39, 0.29) is 18.4 Å². The molecule has 4 nitrogen and oxygen atoms in total. The molecule has 1 aliphatic rings. The van der Waals surface area contributed by atoms with Crippen LogP contribution in [0.15, 0.2) is 11.6 Å². The molecule has 1 rings (SSSR count). The predicted octanol–water partition coefficient (Wildman–Crippen LogP) is 0.852. The number of rotatable bonds is 1. The van der Waals surface area contributed by atoms with Crippen molar-refractivity contribution in [1.82, 2.24) is 0 Å². The standard InChI is InChI=1S/C13H20O4Si/c1-17-12(15)10-7-11(14)9-13(16,8-10)5-6-18(2,3)4/h7,11,14,16H,8-9H2,1-4H3/t11-,13-/m0/s1. The summed E-state index contributed by atoms with van der Waals surface area (Å²) >= 11 is 0. The van der Waals surface area contributed by atoms with Crippen LogP contribution in [-0.4, -0.2) is 43.1 Å². The first-order chi connectivity index (χ1) is 8.15. The predicted molar refractivity (Wildman–Crippen MR) is 71.4 cm³/mol. The van der Waals surface area contributed by atoms with Crippen molar-refractivity contribution in [3.63, 3.8) is 0 Å². The van der Waals surface area contributed by atoms with Gasteiger partial charge in [0.25, 0.3) is 0 Å². The van der Waals surface area contributed by atoms with E-state index in [2.05, 4.69) is 35.8 Å². The summed E-state index contributed by atoms with van der Waals surface area (Å²) in [6.07, 6.45) is 0.796. The van der Waals surface area contributed by atoms with Crippen molar-refractivity contribution in [2.45, 2.75) is 44.2 Å². The zero-order chi connectivity index (χ0) is 14.0. The van der Waals surface area contributed by atoms with Crippen LogP contribution in [0.25, 0.3) is 0 Å². The number of aliphatic hydroxyl groups is 2. The number of ether oxygens (including phenoxy) is 1. The molecule has 2 N–H and O–H groups in total. The van der Waals surface area contributed by atoms with Gasteiger partial charge in [0.1, 0.15) is 13.7 Å². The maximum atomic E-state index is 11.4. The molecule has 100 valence electrons. The molecule has 0 saturated carbocycles. The molecule has 0 aliphatic heterocycles. The molecular weight excluding hydrogens is 248 g/mol. The zero-order valence-electron chi connectivity index (χ0n) is 11.3. The van der Waals surface area contributed by atoms with Crippen molar-refractivity contribution in [3.05, 3.63) is 11.6 Å². The lowest BCUT2D eigenvalue weighted by Gasteiger charge is -2.29. The van der Waals surface area contributed by atoms with E-state index in [0.29, 0.717) is 0 Å². The molecule has 0 unspecified atom stereocenters. The Bertz CT molecular complexity index is 424. The normalized spacial score (nSPS) is 27.9. The summed E-state index contributed by atoms with van der Waals surface area (Å²) in [6.45, 7) is 6.21. The van der Waals surface area contributed by atoms with Gasteiger partial charge in [0.2, 0.25) is 0 Å².